The summed E-state index contributed by atoms with van der Waals surface area (Å²) in [6, 6.07) is -1.06. The monoisotopic (exact) mass is 148 g/mol. The second-order valence-electron chi connectivity index (χ2n) is 1.88. The van der Waals surface area contributed by atoms with Crippen molar-refractivity contribution in [3.63, 3.8) is 0 Å². The number of carboxylic acid groups (broad SMARTS) is 2. The zero-order valence-corrected chi connectivity index (χ0v) is 5.28. The van der Waals surface area contributed by atoms with E-state index in [0.717, 1.165) is 0 Å². The Labute approximate surface area is 57.5 Å². The quantitative estimate of drug-likeness (QED) is 0.456. The standard InChI is InChI=1S/C5H9NO4/c6-3(5(9)10)1-2-4(7)8/h3H,1-2,6H2,(H,7,8)(H,9,10)/t3-/m0/s1/i6+1. The van der Waals surface area contributed by atoms with E-state index in [-0.39, 0.29) is 12.8 Å². The molecule has 0 unspecified atom stereocenters. The van der Waals surface area contributed by atoms with Crippen LogP contribution in [-0.4, -0.2) is 28.2 Å². The molecule has 4 N–H and O–H groups in total. The predicted molar refractivity (Wildman–Crippen MR) is 32.5 cm³/mol. The van der Waals surface area contributed by atoms with E-state index in [9.17, 15) is 9.59 Å². The molecule has 1 atom stereocenters. The Hall–Kier alpha value is -1.10. The normalized spacial score (nSPS) is 12.5. The van der Waals surface area contributed by atoms with E-state index in [0.29, 0.717) is 0 Å². The van der Waals surface area contributed by atoms with Crippen molar-refractivity contribution in [3.05, 3.63) is 0 Å². The van der Waals surface area contributed by atoms with Gasteiger partial charge in [-0.3, -0.25) is 9.59 Å². The second kappa shape index (κ2) is 3.84. The van der Waals surface area contributed by atoms with Gasteiger partial charge in [0.2, 0.25) is 0 Å². The van der Waals surface area contributed by atoms with Crippen LogP contribution < -0.4 is 5.73 Å². The van der Waals surface area contributed by atoms with Crippen LogP contribution in [-0.2, 0) is 9.59 Å². The van der Waals surface area contributed by atoms with Gasteiger partial charge in [-0.2, -0.15) is 0 Å². The van der Waals surface area contributed by atoms with E-state index in [1.54, 1.807) is 0 Å². The molecule has 10 heavy (non-hydrogen) atoms. The maximum Gasteiger partial charge on any atom is 0.320 e. The minimum Gasteiger partial charge on any atom is -0.481 e. The van der Waals surface area contributed by atoms with Crippen molar-refractivity contribution in [2.75, 3.05) is 0 Å². The van der Waals surface area contributed by atoms with Crippen LogP contribution in [0, 0.1) is 0 Å². The van der Waals surface area contributed by atoms with Gasteiger partial charge in [-0.15, -0.1) is 0 Å². The predicted octanol–water partition coefficient (Wildman–Crippen LogP) is -0.737. The lowest BCUT2D eigenvalue weighted by Crippen LogP contribution is -2.30. The van der Waals surface area contributed by atoms with Gasteiger partial charge in [-0.05, 0) is 6.42 Å². The van der Waals surface area contributed by atoms with Gasteiger partial charge < -0.3 is 15.9 Å². The Morgan fingerprint density at radius 2 is 1.90 bits per heavy atom. The first-order valence-corrected chi connectivity index (χ1v) is 2.74. The summed E-state index contributed by atoms with van der Waals surface area (Å²) in [6.45, 7) is 0. The first kappa shape index (κ1) is 8.90. The maximum absolute atomic E-state index is 9.99. The van der Waals surface area contributed by atoms with Crippen LogP contribution in [0.3, 0.4) is 0 Å². The average Bonchev–Trinajstić information content (AvgIpc) is 1.82. The molecule has 0 aromatic rings. The minimum absolute atomic E-state index is 0.0231. The number of carboxylic acids is 2. The third-order valence-corrected chi connectivity index (χ3v) is 0.986. The summed E-state index contributed by atoms with van der Waals surface area (Å²) in [4.78, 5) is 19.9. The van der Waals surface area contributed by atoms with Crippen LogP contribution in [0.15, 0.2) is 0 Å². The van der Waals surface area contributed by atoms with Gasteiger partial charge >= 0.3 is 11.9 Å². The zero-order valence-electron chi connectivity index (χ0n) is 5.28. The molecule has 0 saturated carbocycles. The molecule has 5 heteroatoms. The molecule has 5 nitrogen and oxygen atoms in total. The number of nitrogens with two attached hydrogens (primary N) is 1. The third-order valence-electron chi connectivity index (χ3n) is 0.986. The van der Waals surface area contributed by atoms with E-state index < -0.39 is 18.0 Å². The highest BCUT2D eigenvalue weighted by molar-refractivity contribution is 5.74. The number of hydrogen-bond acceptors (Lipinski definition) is 3. The highest BCUT2D eigenvalue weighted by Gasteiger charge is 2.12. The highest BCUT2D eigenvalue weighted by Crippen LogP contribution is 1.93. The number of carbonyl (C=O) groups is 2. The SMILES string of the molecule is [15NH2][C@@H](CCC(=O)O)C(=O)O. The Balaban J connectivity index is 3.49. The maximum atomic E-state index is 9.99. The molecule has 0 spiro atoms. The third kappa shape index (κ3) is 3.85. The second-order valence-corrected chi connectivity index (χ2v) is 1.88. The average molecular weight is 148 g/mol. The first-order valence-electron chi connectivity index (χ1n) is 2.74. The van der Waals surface area contributed by atoms with E-state index in [4.69, 9.17) is 15.9 Å². The first-order chi connectivity index (χ1) is 4.54. The Kier molecular flexibility index (Phi) is 3.42. The van der Waals surface area contributed by atoms with Crippen LogP contribution in [0.2, 0.25) is 0 Å². The zero-order chi connectivity index (χ0) is 8.15. The highest BCUT2D eigenvalue weighted by atomic mass is 16.4. The number of aliphatic carboxylic acids is 2. The van der Waals surface area contributed by atoms with Gasteiger partial charge in [-0.25, -0.2) is 0 Å². The summed E-state index contributed by atoms with van der Waals surface area (Å²) in [5.74, 6) is -2.20. The molecular formula is C5H9NO4. The van der Waals surface area contributed by atoms with Crippen molar-refractivity contribution >= 4 is 11.9 Å². The van der Waals surface area contributed by atoms with Gasteiger partial charge in [0.25, 0.3) is 0 Å². The van der Waals surface area contributed by atoms with E-state index in [2.05, 4.69) is 0 Å². The molecule has 0 aromatic carbocycles. The summed E-state index contributed by atoms with van der Waals surface area (Å²) >= 11 is 0. The van der Waals surface area contributed by atoms with Crippen molar-refractivity contribution in [2.45, 2.75) is 18.9 Å². The molecule has 0 aliphatic carbocycles. The van der Waals surface area contributed by atoms with Crippen molar-refractivity contribution < 1.29 is 19.8 Å². The van der Waals surface area contributed by atoms with Gasteiger partial charge in [0.15, 0.2) is 0 Å². The molecule has 0 aliphatic heterocycles. The van der Waals surface area contributed by atoms with E-state index in [1.165, 1.54) is 0 Å². The summed E-state index contributed by atoms with van der Waals surface area (Å²) < 4.78 is 0. The lowest BCUT2D eigenvalue weighted by Gasteiger charge is -2.01. The van der Waals surface area contributed by atoms with Crippen LogP contribution in [0.1, 0.15) is 12.8 Å². The molecule has 0 rings (SSSR count). The molecule has 0 bridgehead atoms. The fourth-order valence-corrected chi connectivity index (χ4v) is 0.402. The van der Waals surface area contributed by atoms with Crippen molar-refractivity contribution in [1.82, 2.24) is 0 Å². The molecule has 0 saturated heterocycles. The molecular weight excluding hydrogens is 139 g/mol. The van der Waals surface area contributed by atoms with Crippen molar-refractivity contribution in [1.29, 1.82) is 0 Å². The topological polar surface area (TPSA) is 101 Å². The summed E-state index contributed by atoms with van der Waals surface area (Å²) in [5, 5.41) is 16.3. The van der Waals surface area contributed by atoms with Crippen LogP contribution >= 0.6 is 0 Å². The van der Waals surface area contributed by atoms with Gasteiger partial charge in [0, 0.05) is 6.42 Å². The van der Waals surface area contributed by atoms with E-state index >= 15 is 0 Å². The summed E-state index contributed by atoms with van der Waals surface area (Å²) in [7, 11) is 0. The molecule has 0 radical (unpaired) electrons. The molecule has 0 amide bonds. The van der Waals surface area contributed by atoms with Crippen molar-refractivity contribution in [3.8, 4) is 0 Å². The molecule has 0 aromatic heterocycles. The number of rotatable bonds is 4. The largest absolute Gasteiger partial charge is 0.481 e. The van der Waals surface area contributed by atoms with Gasteiger partial charge in [0.05, 0.1) is 0 Å². The molecule has 0 fully saturated rings. The summed E-state index contributed by atoms with van der Waals surface area (Å²) in [5.41, 5.74) is 5.00. The fraction of sp³-hybridized carbons (Fsp3) is 0.600. The van der Waals surface area contributed by atoms with Crippen molar-refractivity contribution in [2.24, 2.45) is 5.73 Å². The minimum atomic E-state index is -1.17. The Morgan fingerprint density at radius 1 is 1.40 bits per heavy atom. The Morgan fingerprint density at radius 3 is 2.20 bits per heavy atom. The van der Waals surface area contributed by atoms with Crippen LogP contribution in [0.25, 0.3) is 0 Å². The summed E-state index contributed by atoms with van der Waals surface area (Å²) in [6.07, 6.45) is -0.224. The molecule has 0 aliphatic rings. The van der Waals surface area contributed by atoms with E-state index in [1.807, 2.05) is 0 Å². The van der Waals surface area contributed by atoms with Crippen LogP contribution in [0.5, 0.6) is 0 Å². The molecule has 0 heterocycles. The van der Waals surface area contributed by atoms with Gasteiger partial charge in [0.1, 0.15) is 6.04 Å². The lowest BCUT2D eigenvalue weighted by atomic mass is 10.2. The lowest BCUT2D eigenvalue weighted by molar-refractivity contribution is -0.139. The fourth-order valence-electron chi connectivity index (χ4n) is 0.402. The Bertz CT molecular complexity index is 145. The van der Waals surface area contributed by atoms with Crippen LogP contribution in [0.4, 0.5) is 0 Å². The number of hydrogen-bond donors (Lipinski definition) is 3. The van der Waals surface area contributed by atoms with Gasteiger partial charge in [-0.1, -0.05) is 0 Å². The molecule has 58 valence electrons. The smallest absolute Gasteiger partial charge is 0.320 e.